The van der Waals surface area contributed by atoms with Gasteiger partial charge < -0.3 is 16.0 Å². The molecular weight excluding hydrogens is 625 g/mol. The molecule has 9 nitrogen and oxygen atoms in total. The largest absolute Gasteiger partial charge is 0.325 e. The molecule has 10 heteroatoms. The third kappa shape index (κ3) is 9.05. The van der Waals surface area contributed by atoms with Crippen LogP contribution in [0, 0.1) is 24.0 Å². The lowest BCUT2D eigenvalue weighted by atomic mass is 10.1. The molecule has 3 amide bonds. The number of hydrogen-bond acceptors (Lipinski definition) is 6. The molecule has 0 aliphatic heterocycles. The van der Waals surface area contributed by atoms with Gasteiger partial charge in [-0.1, -0.05) is 60.7 Å². The van der Waals surface area contributed by atoms with Gasteiger partial charge in [0.15, 0.2) is 0 Å². The van der Waals surface area contributed by atoms with Gasteiger partial charge in [-0.15, -0.1) is 11.8 Å². The number of carbonyl (C=O) groups excluding carboxylic acids is 3. The Morgan fingerprint density at radius 2 is 1.38 bits per heavy atom. The van der Waals surface area contributed by atoms with E-state index >= 15 is 0 Å². The third-order valence-electron chi connectivity index (χ3n) is 7.12. The van der Waals surface area contributed by atoms with Crippen LogP contribution < -0.4 is 16.0 Å². The van der Waals surface area contributed by atoms with Gasteiger partial charge in [0.1, 0.15) is 10.9 Å². The standard InChI is InChI=1S/C38H32N4O5S/c1-25-20-26(2)22-31(21-25)40-38(45)35(28-10-5-3-6-11-28)48-33-15-9-14-30(24-33)39-37(44)34(41-36(43)29-12-7-4-8-13-29)23-27-16-18-32(19-17-27)42(46)47/h3-24,35H,1-2H3,(H,39,44)(H,40,45)(H,41,43)/b34-23+. The molecule has 0 spiro atoms. The minimum atomic E-state index is -0.605. The lowest BCUT2D eigenvalue weighted by Crippen LogP contribution is -2.30. The second kappa shape index (κ2) is 15.5. The molecule has 1 unspecified atom stereocenters. The fraction of sp³-hybridized carbons (Fsp3) is 0.0789. The molecule has 0 saturated carbocycles. The number of nitrogens with one attached hydrogen (secondary N) is 3. The third-order valence-corrected chi connectivity index (χ3v) is 8.37. The highest BCUT2D eigenvalue weighted by Crippen LogP contribution is 2.37. The molecule has 5 aromatic carbocycles. The van der Waals surface area contributed by atoms with E-state index in [4.69, 9.17) is 0 Å². The normalized spacial score (nSPS) is 11.7. The Kier molecular flexibility index (Phi) is 10.8. The van der Waals surface area contributed by atoms with Gasteiger partial charge in [-0.25, -0.2) is 0 Å². The minimum absolute atomic E-state index is 0.0641. The van der Waals surface area contributed by atoms with Gasteiger partial charge in [-0.05, 0) is 96.8 Å². The summed E-state index contributed by atoms with van der Waals surface area (Å²) in [6.45, 7) is 3.96. The Bertz CT molecular complexity index is 1960. The van der Waals surface area contributed by atoms with Crippen LogP contribution in [0.1, 0.15) is 37.9 Å². The number of nitro benzene ring substituents is 1. The molecule has 5 aromatic rings. The van der Waals surface area contributed by atoms with Gasteiger partial charge >= 0.3 is 0 Å². The number of hydrogen-bond donors (Lipinski definition) is 3. The summed E-state index contributed by atoms with van der Waals surface area (Å²) in [6.07, 6.45) is 1.45. The molecular formula is C38H32N4O5S. The second-order valence-electron chi connectivity index (χ2n) is 11.0. The first-order valence-corrected chi connectivity index (χ1v) is 15.9. The Balaban J connectivity index is 1.38. The van der Waals surface area contributed by atoms with Crippen molar-refractivity contribution in [1.29, 1.82) is 0 Å². The molecule has 48 heavy (non-hydrogen) atoms. The monoisotopic (exact) mass is 656 g/mol. The van der Waals surface area contributed by atoms with Crippen molar-refractivity contribution in [3.05, 3.63) is 171 Å². The second-order valence-corrected chi connectivity index (χ2v) is 12.2. The number of nitrogens with zero attached hydrogens (tertiary/aromatic N) is 1. The summed E-state index contributed by atoms with van der Waals surface area (Å²) in [5, 5.41) is 19.1. The Morgan fingerprint density at radius 3 is 2.02 bits per heavy atom. The lowest BCUT2D eigenvalue weighted by molar-refractivity contribution is -0.384. The summed E-state index contributed by atoms with van der Waals surface area (Å²) in [7, 11) is 0. The maximum Gasteiger partial charge on any atom is 0.272 e. The number of benzene rings is 5. The minimum Gasteiger partial charge on any atom is -0.325 e. The highest BCUT2D eigenvalue weighted by Gasteiger charge is 2.23. The first-order chi connectivity index (χ1) is 23.1. The van der Waals surface area contributed by atoms with Gasteiger partial charge in [0.25, 0.3) is 17.5 Å². The van der Waals surface area contributed by atoms with Gasteiger partial charge in [-0.2, -0.15) is 0 Å². The van der Waals surface area contributed by atoms with Crippen LogP contribution in [0.15, 0.2) is 138 Å². The lowest BCUT2D eigenvalue weighted by Gasteiger charge is -2.18. The predicted octanol–water partition coefficient (Wildman–Crippen LogP) is 8.09. The van der Waals surface area contributed by atoms with Crippen LogP contribution in [0.3, 0.4) is 0 Å². The van der Waals surface area contributed by atoms with Crippen LogP contribution in [0.4, 0.5) is 17.1 Å². The van der Waals surface area contributed by atoms with Crippen molar-refractivity contribution in [3.63, 3.8) is 0 Å². The van der Waals surface area contributed by atoms with Crippen LogP contribution in [-0.4, -0.2) is 22.6 Å². The predicted molar refractivity (Wildman–Crippen MR) is 190 cm³/mol. The average Bonchev–Trinajstić information content (AvgIpc) is 3.07. The Morgan fingerprint density at radius 1 is 0.729 bits per heavy atom. The Hall–Kier alpha value is -6.00. The first-order valence-electron chi connectivity index (χ1n) is 15.0. The van der Waals surface area contributed by atoms with E-state index in [9.17, 15) is 24.5 Å². The highest BCUT2D eigenvalue weighted by molar-refractivity contribution is 8.00. The van der Waals surface area contributed by atoms with Gasteiger partial charge in [0.05, 0.1) is 4.92 Å². The van der Waals surface area contributed by atoms with Crippen LogP contribution >= 0.6 is 11.8 Å². The number of thioether (sulfide) groups is 1. The van der Waals surface area contributed by atoms with Gasteiger partial charge in [0, 0.05) is 34.0 Å². The van der Waals surface area contributed by atoms with Crippen molar-refractivity contribution < 1.29 is 19.3 Å². The van der Waals surface area contributed by atoms with Crippen molar-refractivity contribution in [2.24, 2.45) is 0 Å². The molecule has 0 aliphatic rings. The van der Waals surface area contributed by atoms with E-state index in [1.54, 1.807) is 48.5 Å². The van der Waals surface area contributed by atoms with E-state index in [1.807, 2.05) is 68.4 Å². The van der Waals surface area contributed by atoms with Crippen LogP contribution in [0.5, 0.6) is 0 Å². The maximum absolute atomic E-state index is 13.7. The topological polar surface area (TPSA) is 130 Å². The molecule has 0 saturated heterocycles. The number of carbonyl (C=O) groups is 3. The van der Waals surface area contributed by atoms with E-state index in [1.165, 1.54) is 42.1 Å². The number of nitro groups is 1. The summed E-state index contributed by atoms with van der Waals surface area (Å²) in [4.78, 5) is 51.6. The van der Waals surface area contributed by atoms with Gasteiger partial charge in [0.2, 0.25) is 5.91 Å². The summed E-state index contributed by atoms with van der Waals surface area (Å²) in [5.41, 5.74) is 4.71. The molecule has 1 atom stereocenters. The van der Waals surface area contributed by atoms with E-state index in [0.717, 1.165) is 21.6 Å². The summed E-state index contributed by atoms with van der Waals surface area (Å²) in [5.74, 6) is -1.29. The molecule has 3 N–H and O–H groups in total. The van der Waals surface area contributed by atoms with Gasteiger partial charge in [-0.3, -0.25) is 24.5 Å². The molecule has 0 aromatic heterocycles. The molecule has 0 heterocycles. The summed E-state index contributed by atoms with van der Waals surface area (Å²) >= 11 is 1.34. The van der Waals surface area contributed by atoms with Crippen molar-refractivity contribution in [1.82, 2.24) is 5.32 Å². The number of anilines is 2. The van der Waals surface area contributed by atoms with E-state index < -0.39 is 22.0 Å². The van der Waals surface area contributed by atoms with Crippen molar-refractivity contribution in [3.8, 4) is 0 Å². The number of rotatable bonds is 11. The highest BCUT2D eigenvalue weighted by atomic mass is 32.2. The number of non-ortho nitro benzene ring substituents is 1. The quantitative estimate of drug-likeness (QED) is 0.0570. The molecule has 0 fully saturated rings. The zero-order chi connectivity index (χ0) is 34.0. The van der Waals surface area contributed by atoms with E-state index in [-0.39, 0.29) is 17.3 Å². The van der Waals surface area contributed by atoms with Crippen molar-refractivity contribution in [2.45, 2.75) is 24.0 Å². The van der Waals surface area contributed by atoms with Crippen LogP contribution in [0.25, 0.3) is 6.08 Å². The molecule has 240 valence electrons. The molecule has 0 aliphatic carbocycles. The summed E-state index contributed by atoms with van der Waals surface area (Å²) in [6, 6.07) is 36.5. The van der Waals surface area contributed by atoms with E-state index in [2.05, 4.69) is 16.0 Å². The van der Waals surface area contributed by atoms with E-state index in [0.29, 0.717) is 22.5 Å². The molecule has 0 radical (unpaired) electrons. The fourth-order valence-corrected chi connectivity index (χ4v) is 6.02. The SMILES string of the molecule is Cc1cc(C)cc(NC(=O)C(Sc2cccc(NC(=O)/C(=C\c3ccc([N+](=O)[O-])cc3)NC(=O)c3ccccc3)c2)c2ccccc2)c1. The number of amides is 3. The number of aryl methyl sites for hydroxylation is 2. The van der Waals surface area contributed by atoms with Crippen molar-refractivity contribution in [2.75, 3.05) is 10.6 Å². The fourth-order valence-electron chi connectivity index (χ4n) is 4.94. The molecule has 0 bridgehead atoms. The van der Waals surface area contributed by atoms with Crippen LogP contribution in [0.2, 0.25) is 0 Å². The smallest absolute Gasteiger partial charge is 0.272 e. The zero-order valence-electron chi connectivity index (χ0n) is 26.2. The van der Waals surface area contributed by atoms with Crippen LogP contribution in [-0.2, 0) is 9.59 Å². The summed E-state index contributed by atoms with van der Waals surface area (Å²) < 4.78 is 0. The Labute approximate surface area is 282 Å². The van der Waals surface area contributed by atoms with Crippen molar-refractivity contribution >= 4 is 52.6 Å². The average molecular weight is 657 g/mol. The first kappa shape index (κ1) is 33.4. The molecule has 5 rings (SSSR count). The maximum atomic E-state index is 13.7. The zero-order valence-corrected chi connectivity index (χ0v) is 27.0.